The Balaban J connectivity index is 3.17. The molecule has 1 aromatic carbocycles. The smallest absolute Gasteiger partial charge is 0.338 e. The average molecular weight is 228 g/mol. The quantitative estimate of drug-likeness (QED) is 0.587. The Bertz CT molecular complexity index is 377. The predicted molar refractivity (Wildman–Crippen MR) is 58.9 cm³/mol. The molecule has 82 valence electrons. The molecule has 0 N–H and O–H groups in total. The Morgan fingerprint density at radius 1 is 1.53 bits per heavy atom. The standard InChI is InChI=1S/C11H13FO2S/c1-4-14-11(13)9-5-8(12)6-10(15-3)7(9)2/h5-6H,4H2,1-3H3. The molecule has 0 atom stereocenters. The molecule has 0 radical (unpaired) electrons. The van der Waals surface area contributed by atoms with Crippen molar-refractivity contribution in [2.75, 3.05) is 12.9 Å². The van der Waals surface area contributed by atoms with E-state index in [1.807, 2.05) is 6.26 Å². The minimum absolute atomic E-state index is 0.295. The van der Waals surface area contributed by atoms with Gasteiger partial charge in [-0.3, -0.25) is 0 Å². The van der Waals surface area contributed by atoms with Crippen molar-refractivity contribution in [2.24, 2.45) is 0 Å². The van der Waals surface area contributed by atoms with Crippen LogP contribution in [0.15, 0.2) is 17.0 Å². The first-order valence-corrected chi connectivity index (χ1v) is 5.83. The van der Waals surface area contributed by atoms with Crippen LogP contribution in [0.4, 0.5) is 4.39 Å². The fraction of sp³-hybridized carbons (Fsp3) is 0.364. The zero-order chi connectivity index (χ0) is 11.4. The van der Waals surface area contributed by atoms with Gasteiger partial charge in [-0.15, -0.1) is 11.8 Å². The number of halogens is 1. The van der Waals surface area contributed by atoms with Crippen LogP contribution < -0.4 is 0 Å². The highest BCUT2D eigenvalue weighted by atomic mass is 32.2. The van der Waals surface area contributed by atoms with Gasteiger partial charge >= 0.3 is 5.97 Å². The van der Waals surface area contributed by atoms with Gasteiger partial charge in [-0.2, -0.15) is 0 Å². The number of carbonyl (C=O) groups excluding carboxylic acids is 1. The van der Waals surface area contributed by atoms with Gasteiger partial charge in [0, 0.05) is 4.90 Å². The maximum absolute atomic E-state index is 13.2. The van der Waals surface area contributed by atoms with Gasteiger partial charge in [0.25, 0.3) is 0 Å². The van der Waals surface area contributed by atoms with Gasteiger partial charge in [-0.1, -0.05) is 0 Å². The van der Waals surface area contributed by atoms with Gasteiger partial charge in [0.1, 0.15) is 5.82 Å². The largest absolute Gasteiger partial charge is 0.462 e. The zero-order valence-corrected chi connectivity index (χ0v) is 9.78. The fourth-order valence-corrected chi connectivity index (χ4v) is 1.93. The topological polar surface area (TPSA) is 26.3 Å². The molecule has 15 heavy (non-hydrogen) atoms. The predicted octanol–water partition coefficient (Wildman–Crippen LogP) is 3.03. The van der Waals surface area contributed by atoms with E-state index in [-0.39, 0.29) is 0 Å². The van der Waals surface area contributed by atoms with Crippen LogP contribution in [-0.2, 0) is 4.74 Å². The van der Waals surface area contributed by atoms with E-state index >= 15 is 0 Å². The fourth-order valence-electron chi connectivity index (χ4n) is 1.29. The molecule has 0 aliphatic heterocycles. The van der Waals surface area contributed by atoms with Crippen molar-refractivity contribution >= 4 is 17.7 Å². The highest BCUT2D eigenvalue weighted by Crippen LogP contribution is 2.24. The van der Waals surface area contributed by atoms with E-state index in [0.717, 1.165) is 10.5 Å². The number of hydrogen-bond acceptors (Lipinski definition) is 3. The molecule has 0 aliphatic carbocycles. The minimum atomic E-state index is -0.468. The Kier molecular flexibility index (Phi) is 4.15. The Morgan fingerprint density at radius 2 is 2.20 bits per heavy atom. The number of rotatable bonds is 3. The summed E-state index contributed by atoms with van der Waals surface area (Å²) < 4.78 is 18.0. The number of esters is 1. The van der Waals surface area contributed by atoms with Crippen molar-refractivity contribution in [3.63, 3.8) is 0 Å². The summed E-state index contributed by atoms with van der Waals surface area (Å²) in [5, 5.41) is 0. The zero-order valence-electron chi connectivity index (χ0n) is 8.96. The third-order valence-corrected chi connectivity index (χ3v) is 2.90. The molecule has 0 unspecified atom stereocenters. The summed E-state index contributed by atoms with van der Waals surface area (Å²) in [7, 11) is 0. The molecule has 0 heterocycles. The molecule has 4 heteroatoms. The summed E-state index contributed by atoms with van der Waals surface area (Å²) in [6.07, 6.45) is 1.84. The van der Waals surface area contributed by atoms with Crippen LogP contribution in [0.5, 0.6) is 0 Å². The molecular weight excluding hydrogens is 215 g/mol. The number of benzene rings is 1. The van der Waals surface area contributed by atoms with Crippen LogP contribution >= 0.6 is 11.8 Å². The van der Waals surface area contributed by atoms with E-state index in [1.165, 1.54) is 23.9 Å². The molecule has 0 aliphatic rings. The van der Waals surface area contributed by atoms with Gasteiger partial charge < -0.3 is 4.74 Å². The molecular formula is C11H13FO2S. The van der Waals surface area contributed by atoms with E-state index < -0.39 is 11.8 Å². The van der Waals surface area contributed by atoms with Crippen LogP contribution in [0, 0.1) is 12.7 Å². The Labute approximate surface area is 92.8 Å². The van der Waals surface area contributed by atoms with Crippen LogP contribution in [0.2, 0.25) is 0 Å². The minimum Gasteiger partial charge on any atom is -0.462 e. The summed E-state index contributed by atoms with van der Waals surface area (Å²) in [5.41, 5.74) is 1.07. The van der Waals surface area contributed by atoms with Crippen LogP contribution in [-0.4, -0.2) is 18.8 Å². The summed E-state index contributed by atoms with van der Waals surface area (Å²) in [6.45, 7) is 3.81. The van der Waals surface area contributed by atoms with Crippen LogP contribution in [0.1, 0.15) is 22.8 Å². The molecule has 0 saturated heterocycles. The van der Waals surface area contributed by atoms with Gasteiger partial charge in [-0.05, 0) is 37.8 Å². The number of thioether (sulfide) groups is 1. The van der Waals surface area contributed by atoms with E-state index in [2.05, 4.69) is 0 Å². The highest BCUT2D eigenvalue weighted by molar-refractivity contribution is 7.98. The van der Waals surface area contributed by atoms with Crippen molar-refractivity contribution in [2.45, 2.75) is 18.7 Å². The summed E-state index contributed by atoms with van der Waals surface area (Å²) in [4.78, 5) is 12.2. The second-order valence-corrected chi connectivity index (χ2v) is 3.85. The Morgan fingerprint density at radius 3 is 2.73 bits per heavy atom. The molecule has 0 spiro atoms. The second-order valence-electron chi connectivity index (χ2n) is 3.00. The molecule has 0 fully saturated rings. The lowest BCUT2D eigenvalue weighted by atomic mass is 10.1. The molecule has 0 amide bonds. The van der Waals surface area contributed by atoms with Gasteiger partial charge in [0.2, 0.25) is 0 Å². The SMILES string of the molecule is CCOC(=O)c1cc(F)cc(SC)c1C. The second kappa shape index (κ2) is 5.16. The highest BCUT2D eigenvalue weighted by Gasteiger charge is 2.14. The maximum atomic E-state index is 13.2. The van der Waals surface area contributed by atoms with Crippen LogP contribution in [0.3, 0.4) is 0 Å². The first-order valence-electron chi connectivity index (χ1n) is 4.61. The molecule has 0 bridgehead atoms. The van der Waals surface area contributed by atoms with Crippen molar-refractivity contribution in [3.05, 3.63) is 29.1 Å². The number of carbonyl (C=O) groups is 1. The first-order chi connectivity index (χ1) is 7.10. The lowest BCUT2D eigenvalue weighted by Gasteiger charge is -2.09. The van der Waals surface area contributed by atoms with Crippen molar-refractivity contribution in [1.82, 2.24) is 0 Å². The number of hydrogen-bond donors (Lipinski definition) is 0. The lowest BCUT2D eigenvalue weighted by Crippen LogP contribution is -2.08. The van der Waals surface area contributed by atoms with Crippen LogP contribution in [0.25, 0.3) is 0 Å². The number of ether oxygens (including phenoxy) is 1. The maximum Gasteiger partial charge on any atom is 0.338 e. The van der Waals surface area contributed by atoms with Crippen molar-refractivity contribution in [3.8, 4) is 0 Å². The van der Waals surface area contributed by atoms with Crippen molar-refractivity contribution in [1.29, 1.82) is 0 Å². The normalized spacial score (nSPS) is 10.1. The molecule has 2 nitrogen and oxygen atoms in total. The van der Waals surface area contributed by atoms with E-state index in [0.29, 0.717) is 12.2 Å². The van der Waals surface area contributed by atoms with Gasteiger partial charge in [-0.25, -0.2) is 9.18 Å². The molecule has 1 rings (SSSR count). The first kappa shape index (κ1) is 12.0. The molecule has 0 aromatic heterocycles. The summed E-state index contributed by atoms with van der Waals surface area (Å²) in [6, 6.07) is 2.63. The average Bonchev–Trinajstić information content (AvgIpc) is 2.21. The summed E-state index contributed by atoms with van der Waals surface area (Å²) >= 11 is 1.41. The molecule has 0 saturated carbocycles. The monoisotopic (exact) mass is 228 g/mol. The Hall–Kier alpha value is -1.03. The van der Waals surface area contributed by atoms with E-state index in [9.17, 15) is 9.18 Å². The van der Waals surface area contributed by atoms with Gasteiger partial charge in [0.15, 0.2) is 0 Å². The van der Waals surface area contributed by atoms with Gasteiger partial charge in [0.05, 0.1) is 12.2 Å². The molecule has 1 aromatic rings. The third-order valence-electron chi connectivity index (χ3n) is 2.04. The lowest BCUT2D eigenvalue weighted by molar-refractivity contribution is 0.0524. The van der Waals surface area contributed by atoms with E-state index in [1.54, 1.807) is 13.8 Å². The van der Waals surface area contributed by atoms with Crippen molar-refractivity contribution < 1.29 is 13.9 Å². The van der Waals surface area contributed by atoms with E-state index in [4.69, 9.17) is 4.74 Å². The third kappa shape index (κ3) is 2.72. The summed E-state index contributed by atoms with van der Waals surface area (Å²) in [5.74, 6) is -0.877.